The van der Waals surface area contributed by atoms with Gasteiger partial charge in [-0.2, -0.15) is 0 Å². The Kier molecular flexibility index (Phi) is 3.62. The first-order chi connectivity index (χ1) is 6.97. The predicted molar refractivity (Wildman–Crippen MR) is 60.3 cm³/mol. The summed E-state index contributed by atoms with van der Waals surface area (Å²) in [6.07, 6.45) is 9.93. The molecule has 0 unspecified atom stereocenters. The van der Waals surface area contributed by atoms with E-state index in [0.29, 0.717) is 0 Å². The summed E-state index contributed by atoms with van der Waals surface area (Å²) in [5.74, 6) is 0.813. The fourth-order valence-electron chi connectivity index (χ4n) is 2.45. The minimum atomic E-state index is 0.813. The van der Waals surface area contributed by atoms with Crippen LogP contribution >= 0.6 is 0 Å². The van der Waals surface area contributed by atoms with Gasteiger partial charge in [0.15, 0.2) is 0 Å². The lowest BCUT2D eigenvalue weighted by Gasteiger charge is -2.19. The number of hydrogen-bond donors (Lipinski definition) is 0. The van der Waals surface area contributed by atoms with E-state index in [1.54, 1.807) is 0 Å². The number of rotatable bonds is 1. The topological polar surface area (TPSA) is 0 Å². The molecule has 0 N–H and O–H groups in total. The highest BCUT2D eigenvalue weighted by atomic mass is 14.2. The van der Waals surface area contributed by atoms with Gasteiger partial charge in [-0.3, -0.25) is 0 Å². The van der Waals surface area contributed by atoms with E-state index in [0.717, 1.165) is 5.92 Å². The molecular formula is C14H19. The second-order valence-corrected chi connectivity index (χ2v) is 4.38. The fraction of sp³-hybridized carbons (Fsp3) is 0.571. The standard InChI is InChI=1S/C14H19/c1-2-5-9-13(10-6-3-1)14-11-7-4-8-12-14/h4,7,11-13H,1-3,5-6,9-10H2. The highest BCUT2D eigenvalue weighted by Crippen LogP contribution is 2.30. The van der Waals surface area contributed by atoms with Crippen molar-refractivity contribution in [2.75, 3.05) is 0 Å². The zero-order valence-electron chi connectivity index (χ0n) is 8.84. The summed E-state index contributed by atoms with van der Waals surface area (Å²) in [6, 6.07) is 11.7. The van der Waals surface area contributed by atoms with Crippen LogP contribution in [0.1, 0.15) is 56.4 Å². The number of benzene rings is 1. The highest BCUT2D eigenvalue weighted by molar-refractivity contribution is 5.18. The Morgan fingerprint density at radius 2 is 1.71 bits per heavy atom. The summed E-state index contributed by atoms with van der Waals surface area (Å²) in [6.45, 7) is 0. The lowest BCUT2D eigenvalue weighted by molar-refractivity contribution is 0.455. The molecule has 1 aliphatic rings. The Morgan fingerprint density at radius 3 is 2.36 bits per heavy atom. The minimum absolute atomic E-state index is 0.813. The van der Waals surface area contributed by atoms with Crippen LogP contribution in [0.3, 0.4) is 0 Å². The van der Waals surface area contributed by atoms with Crippen LogP contribution in [0.4, 0.5) is 0 Å². The largest absolute Gasteiger partial charge is 0.0614 e. The second kappa shape index (κ2) is 5.19. The van der Waals surface area contributed by atoms with Crippen molar-refractivity contribution in [1.82, 2.24) is 0 Å². The van der Waals surface area contributed by atoms with E-state index in [4.69, 9.17) is 0 Å². The van der Waals surface area contributed by atoms with E-state index in [1.807, 2.05) is 6.07 Å². The van der Waals surface area contributed by atoms with Gasteiger partial charge < -0.3 is 0 Å². The van der Waals surface area contributed by atoms with Gasteiger partial charge in [0.25, 0.3) is 0 Å². The van der Waals surface area contributed by atoms with Crippen molar-refractivity contribution in [3.63, 3.8) is 0 Å². The van der Waals surface area contributed by atoms with Crippen molar-refractivity contribution in [1.29, 1.82) is 0 Å². The van der Waals surface area contributed by atoms with Crippen molar-refractivity contribution in [3.8, 4) is 0 Å². The molecule has 1 aromatic carbocycles. The minimum Gasteiger partial charge on any atom is -0.0614 e. The maximum absolute atomic E-state index is 3.19. The molecule has 0 spiro atoms. The van der Waals surface area contributed by atoms with Crippen molar-refractivity contribution in [2.45, 2.75) is 50.9 Å². The summed E-state index contributed by atoms with van der Waals surface area (Å²) in [7, 11) is 0. The van der Waals surface area contributed by atoms with Crippen molar-refractivity contribution in [2.24, 2.45) is 0 Å². The van der Waals surface area contributed by atoms with E-state index < -0.39 is 0 Å². The van der Waals surface area contributed by atoms with Crippen LogP contribution in [0.5, 0.6) is 0 Å². The molecule has 1 aliphatic carbocycles. The molecule has 75 valence electrons. The monoisotopic (exact) mass is 187 g/mol. The SMILES string of the molecule is [c]1cccc(C2CCCCCCC2)c1. The zero-order chi connectivity index (χ0) is 9.64. The molecular weight excluding hydrogens is 168 g/mol. The van der Waals surface area contributed by atoms with E-state index >= 15 is 0 Å². The second-order valence-electron chi connectivity index (χ2n) is 4.38. The molecule has 0 heteroatoms. The third-order valence-electron chi connectivity index (χ3n) is 3.31. The third-order valence-corrected chi connectivity index (χ3v) is 3.31. The van der Waals surface area contributed by atoms with Gasteiger partial charge in [0.1, 0.15) is 0 Å². The van der Waals surface area contributed by atoms with E-state index in [9.17, 15) is 0 Å². The Hall–Kier alpha value is -0.780. The van der Waals surface area contributed by atoms with Crippen molar-refractivity contribution in [3.05, 3.63) is 35.9 Å². The Balaban J connectivity index is 2.01. The third kappa shape index (κ3) is 2.60. The molecule has 0 nitrogen and oxygen atoms in total. The first kappa shape index (κ1) is 9.76. The van der Waals surface area contributed by atoms with Crippen LogP contribution in [0.2, 0.25) is 0 Å². The summed E-state index contributed by atoms with van der Waals surface area (Å²) in [5.41, 5.74) is 1.51. The molecule has 1 radical (unpaired) electrons. The van der Waals surface area contributed by atoms with E-state index in [-0.39, 0.29) is 0 Å². The molecule has 1 fully saturated rings. The average molecular weight is 187 g/mol. The fourth-order valence-corrected chi connectivity index (χ4v) is 2.45. The summed E-state index contributed by atoms with van der Waals surface area (Å²) < 4.78 is 0. The quantitative estimate of drug-likeness (QED) is 0.614. The first-order valence-corrected chi connectivity index (χ1v) is 5.93. The van der Waals surface area contributed by atoms with Crippen molar-refractivity contribution >= 4 is 0 Å². The molecule has 0 aliphatic heterocycles. The number of hydrogen-bond acceptors (Lipinski definition) is 0. The van der Waals surface area contributed by atoms with Gasteiger partial charge in [0.2, 0.25) is 0 Å². The van der Waals surface area contributed by atoms with Crippen LogP contribution in [0.25, 0.3) is 0 Å². The molecule has 14 heavy (non-hydrogen) atoms. The Morgan fingerprint density at radius 1 is 1.00 bits per heavy atom. The molecule has 2 rings (SSSR count). The van der Waals surface area contributed by atoms with Gasteiger partial charge in [-0.05, 0) is 30.4 Å². The lowest BCUT2D eigenvalue weighted by atomic mass is 9.86. The van der Waals surface area contributed by atoms with Crippen LogP contribution in [-0.2, 0) is 0 Å². The normalized spacial score (nSPS) is 20.0. The smallest absolute Gasteiger partial charge is 0.0162 e. The molecule has 0 saturated heterocycles. The van der Waals surface area contributed by atoms with E-state index in [2.05, 4.69) is 24.3 Å². The predicted octanol–water partition coefficient (Wildman–Crippen LogP) is 4.31. The Labute approximate surface area is 87.3 Å². The lowest BCUT2D eigenvalue weighted by Crippen LogP contribution is -2.01. The first-order valence-electron chi connectivity index (χ1n) is 5.93. The Bertz CT molecular complexity index is 242. The average Bonchev–Trinajstić information content (AvgIpc) is 2.18. The van der Waals surface area contributed by atoms with Gasteiger partial charge in [0.05, 0.1) is 0 Å². The molecule has 0 aromatic heterocycles. The summed E-state index contributed by atoms with van der Waals surface area (Å²) in [4.78, 5) is 0. The van der Waals surface area contributed by atoms with E-state index in [1.165, 1.54) is 50.5 Å². The molecule has 0 heterocycles. The zero-order valence-corrected chi connectivity index (χ0v) is 8.84. The van der Waals surface area contributed by atoms with Crippen LogP contribution in [-0.4, -0.2) is 0 Å². The summed E-state index contributed by atoms with van der Waals surface area (Å²) >= 11 is 0. The molecule has 0 atom stereocenters. The molecule has 0 amide bonds. The van der Waals surface area contributed by atoms with Gasteiger partial charge >= 0.3 is 0 Å². The van der Waals surface area contributed by atoms with Crippen LogP contribution in [0.15, 0.2) is 24.3 Å². The van der Waals surface area contributed by atoms with Gasteiger partial charge in [-0.25, -0.2) is 0 Å². The summed E-state index contributed by atoms with van der Waals surface area (Å²) in [5, 5.41) is 0. The molecule has 0 bridgehead atoms. The maximum atomic E-state index is 3.19. The molecule has 1 saturated carbocycles. The van der Waals surface area contributed by atoms with Crippen molar-refractivity contribution < 1.29 is 0 Å². The van der Waals surface area contributed by atoms with Gasteiger partial charge in [0, 0.05) is 0 Å². The van der Waals surface area contributed by atoms with Crippen LogP contribution in [0, 0.1) is 6.07 Å². The van der Waals surface area contributed by atoms with Crippen LogP contribution < -0.4 is 0 Å². The highest BCUT2D eigenvalue weighted by Gasteiger charge is 2.12. The van der Waals surface area contributed by atoms with Gasteiger partial charge in [-0.15, -0.1) is 0 Å². The van der Waals surface area contributed by atoms with Gasteiger partial charge in [-0.1, -0.05) is 56.4 Å². The molecule has 1 aromatic rings. The maximum Gasteiger partial charge on any atom is -0.0162 e.